The topological polar surface area (TPSA) is 116 Å². The van der Waals surface area contributed by atoms with Gasteiger partial charge in [-0.1, -0.05) is 6.92 Å². The van der Waals surface area contributed by atoms with Crippen molar-refractivity contribution in [3.05, 3.63) is 0 Å². The molecule has 0 bridgehead atoms. The van der Waals surface area contributed by atoms with Crippen molar-refractivity contribution in [1.29, 1.82) is 0 Å². The van der Waals surface area contributed by atoms with Crippen LogP contribution in [0, 0.1) is 0 Å². The Balaban J connectivity index is 2.64. The van der Waals surface area contributed by atoms with Gasteiger partial charge >= 0.3 is 18.0 Å². The van der Waals surface area contributed by atoms with E-state index in [1.54, 1.807) is 0 Å². The van der Waals surface area contributed by atoms with Crippen molar-refractivity contribution in [2.75, 3.05) is 19.8 Å². The van der Waals surface area contributed by atoms with Gasteiger partial charge in [0.25, 0.3) is 0 Å². The van der Waals surface area contributed by atoms with Crippen molar-refractivity contribution >= 4 is 18.0 Å². The van der Waals surface area contributed by atoms with E-state index < -0.39 is 30.4 Å². The van der Waals surface area contributed by atoms with E-state index >= 15 is 0 Å². The van der Waals surface area contributed by atoms with Gasteiger partial charge in [0.15, 0.2) is 0 Å². The first-order valence-electron chi connectivity index (χ1n) is 6.05. The van der Waals surface area contributed by atoms with Crippen LogP contribution in [0.1, 0.15) is 19.8 Å². The van der Waals surface area contributed by atoms with Crippen molar-refractivity contribution in [3.8, 4) is 0 Å². The largest absolute Gasteiger partial charge is 0.481 e. The molecule has 1 saturated heterocycles. The molecule has 2 atom stereocenters. The highest BCUT2D eigenvalue weighted by atomic mass is 16.5. The lowest BCUT2D eigenvalue weighted by Crippen LogP contribution is -2.55. The second-order valence-corrected chi connectivity index (χ2v) is 4.27. The minimum atomic E-state index is -1.43. The van der Waals surface area contributed by atoms with Crippen LogP contribution in [0.25, 0.3) is 0 Å². The smallest absolute Gasteiger partial charge is 0.326 e. The second-order valence-electron chi connectivity index (χ2n) is 4.27. The maximum absolute atomic E-state index is 12.0. The molecule has 19 heavy (non-hydrogen) atoms. The van der Waals surface area contributed by atoms with Crippen molar-refractivity contribution in [1.82, 2.24) is 10.2 Å². The molecule has 8 nitrogen and oxygen atoms in total. The van der Waals surface area contributed by atoms with Crippen LogP contribution in [0.15, 0.2) is 0 Å². The molecule has 0 aromatic heterocycles. The summed E-state index contributed by atoms with van der Waals surface area (Å²) < 4.78 is 5.24. The molecule has 0 aromatic carbocycles. The number of carbonyl (C=O) groups excluding carboxylic acids is 1. The van der Waals surface area contributed by atoms with Gasteiger partial charge in [-0.2, -0.15) is 0 Å². The highest BCUT2D eigenvalue weighted by Crippen LogP contribution is 2.10. The van der Waals surface area contributed by atoms with E-state index in [1.807, 2.05) is 6.92 Å². The molecule has 2 amide bonds. The van der Waals surface area contributed by atoms with Gasteiger partial charge in [-0.3, -0.25) is 4.79 Å². The number of nitrogens with one attached hydrogen (secondary N) is 1. The number of morpholine rings is 1. The van der Waals surface area contributed by atoms with Crippen molar-refractivity contribution in [3.63, 3.8) is 0 Å². The normalized spacial score (nSPS) is 20.7. The number of hydrogen-bond acceptors (Lipinski definition) is 4. The molecule has 108 valence electrons. The van der Waals surface area contributed by atoms with Crippen LogP contribution < -0.4 is 5.32 Å². The summed E-state index contributed by atoms with van der Waals surface area (Å²) in [4.78, 5) is 34.9. The van der Waals surface area contributed by atoms with E-state index in [2.05, 4.69) is 5.32 Å². The highest BCUT2D eigenvalue weighted by Gasteiger charge is 2.30. The maximum Gasteiger partial charge on any atom is 0.326 e. The first kappa shape index (κ1) is 15.2. The van der Waals surface area contributed by atoms with Gasteiger partial charge in [0, 0.05) is 6.54 Å². The van der Waals surface area contributed by atoms with Gasteiger partial charge in [0.1, 0.15) is 6.04 Å². The first-order valence-corrected chi connectivity index (χ1v) is 6.05. The quantitative estimate of drug-likeness (QED) is 0.635. The molecular formula is C11H18N2O6. The molecule has 0 aliphatic carbocycles. The van der Waals surface area contributed by atoms with E-state index in [-0.39, 0.29) is 6.04 Å². The summed E-state index contributed by atoms with van der Waals surface area (Å²) >= 11 is 0. The Morgan fingerprint density at radius 3 is 2.63 bits per heavy atom. The molecule has 8 heteroatoms. The second kappa shape index (κ2) is 6.93. The number of carbonyl (C=O) groups is 3. The lowest BCUT2D eigenvalue weighted by atomic mass is 10.2. The van der Waals surface area contributed by atoms with E-state index in [0.717, 1.165) is 0 Å². The standard InChI is InChI=1S/C11H18N2O6/c1-2-7-6-19-4-3-13(7)11(18)12-8(10(16)17)5-9(14)15/h7-8H,2-6H2,1H3,(H,12,18)(H,14,15)(H,16,17). The predicted molar refractivity (Wildman–Crippen MR) is 63.8 cm³/mol. The van der Waals surface area contributed by atoms with Crippen molar-refractivity contribution in [2.24, 2.45) is 0 Å². The molecule has 1 aliphatic heterocycles. The van der Waals surface area contributed by atoms with Crippen LogP contribution in [-0.2, 0) is 14.3 Å². The zero-order valence-corrected chi connectivity index (χ0v) is 10.7. The molecule has 0 aromatic rings. The van der Waals surface area contributed by atoms with Crippen LogP contribution in [0.3, 0.4) is 0 Å². The Morgan fingerprint density at radius 2 is 2.11 bits per heavy atom. The maximum atomic E-state index is 12.0. The number of carboxylic acid groups (broad SMARTS) is 2. The Hall–Kier alpha value is -1.83. The van der Waals surface area contributed by atoms with Gasteiger partial charge in [-0.05, 0) is 6.42 Å². The third-order valence-electron chi connectivity index (χ3n) is 2.93. The van der Waals surface area contributed by atoms with Crippen molar-refractivity contribution < 1.29 is 29.3 Å². The fraction of sp³-hybridized carbons (Fsp3) is 0.727. The molecule has 1 aliphatic rings. The fourth-order valence-corrected chi connectivity index (χ4v) is 1.87. The van der Waals surface area contributed by atoms with Crippen LogP contribution in [0.4, 0.5) is 4.79 Å². The summed E-state index contributed by atoms with van der Waals surface area (Å²) in [5, 5.41) is 19.7. The van der Waals surface area contributed by atoms with Crippen molar-refractivity contribution in [2.45, 2.75) is 31.8 Å². The molecule has 2 unspecified atom stereocenters. The number of nitrogens with zero attached hydrogens (tertiary/aromatic N) is 1. The first-order chi connectivity index (χ1) is 8.95. The van der Waals surface area contributed by atoms with E-state index in [1.165, 1.54) is 4.90 Å². The monoisotopic (exact) mass is 274 g/mol. The van der Waals surface area contributed by atoms with Crippen LogP contribution in [0.2, 0.25) is 0 Å². The van der Waals surface area contributed by atoms with Gasteiger partial charge < -0.3 is 25.2 Å². The van der Waals surface area contributed by atoms with E-state index in [4.69, 9.17) is 14.9 Å². The average Bonchev–Trinajstić information content (AvgIpc) is 2.37. The van der Waals surface area contributed by atoms with E-state index in [9.17, 15) is 14.4 Å². The summed E-state index contributed by atoms with van der Waals surface area (Å²) in [5.74, 6) is -2.64. The van der Waals surface area contributed by atoms with Gasteiger partial charge in [0.2, 0.25) is 0 Å². The zero-order chi connectivity index (χ0) is 14.4. The number of urea groups is 1. The summed E-state index contributed by atoms with van der Waals surface area (Å²) in [6, 6.07) is -2.11. The van der Waals surface area contributed by atoms with Crippen LogP contribution in [-0.4, -0.2) is 64.9 Å². The minimum Gasteiger partial charge on any atom is -0.481 e. The SMILES string of the molecule is CCC1COCCN1C(=O)NC(CC(=O)O)C(=O)O. The molecule has 1 heterocycles. The number of rotatable bonds is 5. The molecule has 0 radical (unpaired) electrons. The molecule has 0 saturated carbocycles. The third-order valence-corrected chi connectivity index (χ3v) is 2.93. The summed E-state index contributed by atoms with van der Waals surface area (Å²) in [7, 11) is 0. The molecule has 1 fully saturated rings. The average molecular weight is 274 g/mol. The lowest BCUT2D eigenvalue weighted by Gasteiger charge is -2.35. The number of ether oxygens (including phenoxy) is 1. The van der Waals surface area contributed by atoms with Gasteiger partial charge in [0.05, 0.1) is 25.7 Å². The fourth-order valence-electron chi connectivity index (χ4n) is 1.87. The minimum absolute atomic E-state index is 0.118. The van der Waals surface area contributed by atoms with Crippen LogP contribution in [0.5, 0.6) is 0 Å². The Labute approximate surface area is 110 Å². The lowest BCUT2D eigenvalue weighted by molar-refractivity contribution is -0.145. The van der Waals surface area contributed by atoms with E-state index in [0.29, 0.717) is 26.2 Å². The molecule has 3 N–H and O–H groups in total. The van der Waals surface area contributed by atoms with Gasteiger partial charge in [-0.15, -0.1) is 0 Å². The predicted octanol–water partition coefficient (Wildman–Crippen LogP) is -0.265. The summed E-state index contributed by atoms with van der Waals surface area (Å²) in [5.41, 5.74) is 0. The zero-order valence-electron chi connectivity index (χ0n) is 10.7. The molecule has 0 spiro atoms. The van der Waals surface area contributed by atoms with Gasteiger partial charge in [-0.25, -0.2) is 9.59 Å². The highest BCUT2D eigenvalue weighted by molar-refractivity contribution is 5.86. The molecule has 1 rings (SSSR count). The Morgan fingerprint density at radius 1 is 1.42 bits per heavy atom. The third kappa shape index (κ3) is 4.40. The number of aliphatic carboxylic acids is 2. The molecular weight excluding hydrogens is 256 g/mol. The number of hydrogen-bond donors (Lipinski definition) is 3. The number of carboxylic acids is 2. The Bertz CT molecular complexity index is 359. The number of amides is 2. The Kier molecular flexibility index (Phi) is 5.56. The van der Waals surface area contributed by atoms with Crippen LogP contribution >= 0.6 is 0 Å². The summed E-state index contributed by atoms with van der Waals surface area (Å²) in [6.07, 6.45) is 0.0340. The summed E-state index contributed by atoms with van der Waals surface area (Å²) in [6.45, 7) is 3.05.